The van der Waals surface area contributed by atoms with E-state index in [0.29, 0.717) is 0 Å². The van der Waals surface area contributed by atoms with Crippen molar-refractivity contribution in [3.05, 3.63) is 170 Å². The SMILES string of the molecule is c1cc(-c2ccc3ccc4c(-n5c6ccccc6c6ccccc65)ccc5ccc2c3c54)cc(-n2c3ccccc3c3ccccc32)c1. The van der Waals surface area contributed by atoms with Gasteiger partial charge >= 0.3 is 0 Å². The molecule has 2 aromatic heterocycles. The van der Waals surface area contributed by atoms with E-state index in [1.54, 1.807) is 0 Å². The zero-order valence-corrected chi connectivity index (χ0v) is 26.1. The van der Waals surface area contributed by atoms with Crippen molar-refractivity contribution in [3.63, 3.8) is 0 Å². The van der Waals surface area contributed by atoms with Gasteiger partial charge in [0.05, 0.1) is 27.8 Å². The molecule has 0 fully saturated rings. The van der Waals surface area contributed by atoms with Crippen LogP contribution in [0.4, 0.5) is 0 Å². The number of aromatic nitrogens is 2. The first-order chi connectivity index (χ1) is 23.8. The second-order valence-corrected chi connectivity index (χ2v) is 12.9. The molecule has 11 rings (SSSR count). The topological polar surface area (TPSA) is 9.86 Å². The van der Waals surface area contributed by atoms with Gasteiger partial charge in [-0.05, 0) is 80.5 Å². The summed E-state index contributed by atoms with van der Waals surface area (Å²) in [6.07, 6.45) is 0. The Morgan fingerprint density at radius 3 is 1.40 bits per heavy atom. The van der Waals surface area contributed by atoms with Crippen LogP contribution in [0.15, 0.2) is 170 Å². The van der Waals surface area contributed by atoms with E-state index in [4.69, 9.17) is 0 Å². The Balaban J connectivity index is 1.17. The van der Waals surface area contributed by atoms with Gasteiger partial charge in [0.1, 0.15) is 0 Å². The molecule has 2 heteroatoms. The number of hydrogen-bond donors (Lipinski definition) is 0. The van der Waals surface area contributed by atoms with Gasteiger partial charge in [-0.25, -0.2) is 0 Å². The lowest BCUT2D eigenvalue weighted by Crippen LogP contribution is -1.97. The molecule has 48 heavy (non-hydrogen) atoms. The summed E-state index contributed by atoms with van der Waals surface area (Å²) >= 11 is 0. The average Bonchev–Trinajstić information content (AvgIpc) is 3.67. The van der Waals surface area contributed by atoms with Crippen molar-refractivity contribution >= 4 is 75.9 Å². The first kappa shape index (κ1) is 25.8. The minimum atomic E-state index is 1.17. The van der Waals surface area contributed by atoms with E-state index >= 15 is 0 Å². The number of hydrogen-bond acceptors (Lipinski definition) is 0. The molecule has 0 N–H and O–H groups in total. The van der Waals surface area contributed by atoms with Crippen LogP contribution < -0.4 is 0 Å². The molecule has 222 valence electrons. The Labute approximate surface area is 276 Å². The second-order valence-electron chi connectivity index (χ2n) is 12.9. The molecule has 0 unspecified atom stereocenters. The fraction of sp³-hybridized carbons (Fsp3) is 0. The predicted molar refractivity (Wildman–Crippen MR) is 204 cm³/mol. The minimum Gasteiger partial charge on any atom is -0.309 e. The van der Waals surface area contributed by atoms with Crippen LogP contribution >= 0.6 is 0 Å². The van der Waals surface area contributed by atoms with E-state index in [9.17, 15) is 0 Å². The van der Waals surface area contributed by atoms with Gasteiger partial charge in [-0.1, -0.05) is 127 Å². The molecule has 0 bridgehead atoms. The van der Waals surface area contributed by atoms with E-state index in [2.05, 4.69) is 179 Å². The smallest absolute Gasteiger partial charge is 0.0541 e. The zero-order chi connectivity index (χ0) is 31.3. The summed E-state index contributed by atoms with van der Waals surface area (Å²) in [5.74, 6) is 0. The molecule has 0 radical (unpaired) electrons. The Kier molecular flexibility index (Phi) is 5.14. The zero-order valence-electron chi connectivity index (χ0n) is 26.1. The molecular weight excluding hydrogens is 581 g/mol. The Morgan fingerprint density at radius 1 is 0.312 bits per heavy atom. The van der Waals surface area contributed by atoms with Crippen LogP contribution in [0.2, 0.25) is 0 Å². The highest BCUT2D eigenvalue weighted by Crippen LogP contribution is 2.43. The van der Waals surface area contributed by atoms with Crippen LogP contribution in [0.1, 0.15) is 0 Å². The van der Waals surface area contributed by atoms with Crippen molar-refractivity contribution in [3.8, 4) is 22.5 Å². The van der Waals surface area contributed by atoms with E-state index in [1.807, 2.05) is 0 Å². The Morgan fingerprint density at radius 2 is 0.792 bits per heavy atom. The average molecular weight is 609 g/mol. The van der Waals surface area contributed by atoms with Crippen molar-refractivity contribution in [2.24, 2.45) is 0 Å². The largest absolute Gasteiger partial charge is 0.309 e. The molecule has 0 amide bonds. The van der Waals surface area contributed by atoms with Gasteiger partial charge in [0.15, 0.2) is 0 Å². The van der Waals surface area contributed by atoms with Crippen LogP contribution in [0.25, 0.3) is 98.4 Å². The fourth-order valence-corrected chi connectivity index (χ4v) is 8.43. The molecule has 0 aliphatic carbocycles. The third kappa shape index (κ3) is 3.41. The van der Waals surface area contributed by atoms with Crippen molar-refractivity contribution in [2.45, 2.75) is 0 Å². The molecule has 2 heterocycles. The van der Waals surface area contributed by atoms with Crippen molar-refractivity contribution < 1.29 is 0 Å². The predicted octanol–water partition coefficient (Wildman–Crippen LogP) is 12.4. The third-order valence-electron chi connectivity index (χ3n) is 10.5. The maximum Gasteiger partial charge on any atom is 0.0541 e. The van der Waals surface area contributed by atoms with Gasteiger partial charge in [-0.15, -0.1) is 0 Å². The molecular formula is C46H28N2. The summed E-state index contributed by atoms with van der Waals surface area (Å²) in [7, 11) is 0. The van der Waals surface area contributed by atoms with E-state index < -0.39 is 0 Å². The third-order valence-corrected chi connectivity index (χ3v) is 10.5. The van der Waals surface area contributed by atoms with Gasteiger partial charge in [0, 0.05) is 32.6 Å². The van der Waals surface area contributed by atoms with Crippen molar-refractivity contribution in [2.75, 3.05) is 0 Å². The molecule has 0 aliphatic rings. The monoisotopic (exact) mass is 608 g/mol. The first-order valence-electron chi connectivity index (χ1n) is 16.6. The molecule has 0 saturated heterocycles. The van der Waals surface area contributed by atoms with E-state index in [0.717, 1.165) is 0 Å². The van der Waals surface area contributed by atoms with Crippen LogP contribution in [0.5, 0.6) is 0 Å². The highest BCUT2D eigenvalue weighted by molar-refractivity contribution is 6.27. The number of benzene rings is 9. The lowest BCUT2D eigenvalue weighted by molar-refractivity contribution is 1.18. The van der Waals surface area contributed by atoms with Gasteiger partial charge in [-0.3, -0.25) is 0 Å². The maximum atomic E-state index is 2.45. The van der Waals surface area contributed by atoms with Crippen molar-refractivity contribution in [1.82, 2.24) is 9.13 Å². The summed E-state index contributed by atoms with van der Waals surface area (Å²) in [4.78, 5) is 0. The van der Waals surface area contributed by atoms with Gasteiger partial charge in [0.25, 0.3) is 0 Å². The summed E-state index contributed by atoms with van der Waals surface area (Å²) in [6, 6.07) is 62.5. The van der Waals surface area contributed by atoms with Gasteiger partial charge < -0.3 is 9.13 Å². The molecule has 9 aromatic carbocycles. The lowest BCUT2D eigenvalue weighted by atomic mass is 9.89. The molecule has 0 saturated carbocycles. The standard InChI is InChI=1S/C46H28N2/c1-5-16-40-34(12-1)35-13-2-6-17-41(35)47(40)32-11-9-10-31(28-32)33-24-20-29-22-26-39-44(27-23-30-21-25-38(33)45(29)46(30)39)48-42-18-7-3-14-36(42)37-15-4-8-19-43(37)48/h1-28H. The molecule has 0 aliphatic heterocycles. The van der Waals surface area contributed by atoms with Gasteiger partial charge in [-0.2, -0.15) is 0 Å². The van der Waals surface area contributed by atoms with E-state index in [-0.39, 0.29) is 0 Å². The summed E-state index contributed by atoms with van der Waals surface area (Å²) in [5, 5.41) is 12.9. The Bertz CT molecular complexity index is 2960. The normalized spacial score (nSPS) is 12.2. The van der Waals surface area contributed by atoms with Gasteiger partial charge in [0.2, 0.25) is 0 Å². The molecule has 0 spiro atoms. The first-order valence-corrected chi connectivity index (χ1v) is 16.6. The van der Waals surface area contributed by atoms with Crippen LogP contribution in [0, 0.1) is 0 Å². The fourth-order valence-electron chi connectivity index (χ4n) is 8.43. The quantitative estimate of drug-likeness (QED) is 0.177. The lowest BCUT2D eigenvalue weighted by Gasteiger charge is -2.18. The summed E-state index contributed by atoms with van der Waals surface area (Å²) in [6.45, 7) is 0. The number of nitrogens with zero attached hydrogens (tertiary/aromatic N) is 2. The highest BCUT2D eigenvalue weighted by Gasteiger charge is 2.18. The van der Waals surface area contributed by atoms with Crippen LogP contribution in [-0.2, 0) is 0 Å². The van der Waals surface area contributed by atoms with E-state index in [1.165, 1.54) is 98.4 Å². The number of rotatable bonds is 3. The van der Waals surface area contributed by atoms with Crippen LogP contribution in [0.3, 0.4) is 0 Å². The second kappa shape index (κ2) is 9.57. The summed E-state index contributed by atoms with van der Waals surface area (Å²) < 4.78 is 4.86. The summed E-state index contributed by atoms with van der Waals surface area (Å²) in [5.41, 5.74) is 9.77. The number of para-hydroxylation sites is 4. The minimum absolute atomic E-state index is 1.17. The highest BCUT2D eigenvalue weighted by atomic mass is 15.0. The Hall–Kier alpha value is -6.38. The molecule has 2 nitrogen and oxygen atoms in total. The molecule has 11 aromatic rings. The van der Waals surface area contributed by atoms with Crippen LogP contribution in [-0.4, -0.2) is 9.13 Å². The number of fused-ring (bicyclic) bond motifs is 6. The van der Waals surface area contributed by atoms with Crippen molar-refractivity contribution in [1.29, 1.82) is 0 Å². The maximum absolute atomic E-state index is 2.45. The molecule has 0 atom stereocenters.